The van der Waals surface area contributed by atoms with E-state index in [2.05, 4.69) is 26.0 Å². The summed E-state index contributed by atoms with van der Waals surface area (Å²) in [6.45, 7) is -0.168. The Kier molecular flexibility index (Phi) is 4.91. The number of hydrogen-bond donors (Lipinski definition) is 2. The lowest BCUT2D eigenvalue weighted by Gasteiger charge is -2.08. The molecule has 7 heteroatoms. The van der Waals surface area contributed by atoms with E-state index in [9.17, 15) is 14.7 Å². The van der Waals surface area contributed by atoms with Crippen LogP contribution in [0.25, 0.3) is 0 Å². The SMILES string of the molecule is COC(=O)C(O)CNC(=O)c1csc(Br)c1. The second-order valence-corrected chi connectivity index (χ2v) is 5.18. The second-order valence-electron chi connectivity index (χ2n) is 2.89. The first-order chi connectivity index (χ1) is 7.54. The van der Waals surface area contributed by atoms with E-state index in [1.165, 1.54) is 18.4 Å². The molecule has 0 fully saturated rings. The van der Waals surface area contributed by atoms with Crippen LogP contribution in [0.3, 0.4) is 0 Å². The summed E-state index contributed by atoms with van der Waals surface area (Å²) in [6, 6.07) is 1.66. The molecule has 5 nitrogen and oxygen atoms in total. The highest BCUT2D eigenvalue weighted by molar-refractivity contribution is 9.11. The van der Waals surface area contributed by atoms with Crippen LogP contribution in [-0.4, -0.2) is 36.7 Å². The van der Waals surface area contributed by atoms with Gasteiger partial charge in [-0.25, -0.2) is 4.79 Å². The Hall–Kier alpha value is -0.920. The van der Waals surface area contributed by atoms with Gasteiger partial charge in [0.05, 0.1) is 23.0 Å². The molecule has 1 aromatic heterocycles. The smallest absolute Gasteiger partial charge is 0.336 e. The number of ether oxygens (including phenoxy) is 1. The van der Waals surface area contributed by atoms with Gasteiger partial charge in [0.25, 0.3) is 5.91 Å². The molecule has 1 atom stereocenters. The number of halogens is 1. The summed E-state index contributed by atoms with van der Waals surface area (Å²) in [5, 5.41) is 13.3. The van der Waals surface area contributed by atoms with Gasteiger partial charge < -0.3 is 15.2 Å². The summed E-state index contributed by atoms with van der Waals surface area (Å²) in [5.74, 6) is -1.11. The highest BCUT2D eigenvalue weighted by Crippen LogP contribution is 2.20. The minimum atomic E-state index is -1.34. The molecular formula is C9H10BrNO4S. The van der Waals surface area contributed by atoms with E-state index >= 15 is 0 Å². The quantitative estimate of drug-likeness (QED) is 0.806. The number of thiophene rings is 1. The van der Waals surface area contributed by atoms with Crippen molar-refractivity contribution < 1.29 is 19.4 Å². The molecule has 0 aliphatic heterocycles. The largest absolute Gasteiger partial charge is 0.467 e. The van der Waals surface area contributed by atoms with Gasteiger partial charge in [0.2, 0.25) is 0 Å². The van der Waals surface area contributed by atoms with E-state index in [0.717, 1.165) is 3.79 Å². The molecule has 1 aromatic rings. The highest BCUT2D eigenvalue weighted by atomic mass is 79.9. The lowest BCUT2D eigenvalue weighted by atomic mass is 10.3. The predicted octanol–water partition coefficient (Wildman–Crippen LogP) is 0.774. The summed E-state index contributed by atoms with van der Waals surface area (Å²) < 4.78 is 5.15. The number of methoxy groups -OCH3 is 1. The van der Waals surface area contributed by atoms with Crippen molar-refractivity contribution in [2.75, 3.05) is 13.7 Å². The summed E-state index contributed by atoms with van der Waals surface area (Å²) in [4.78, 5) is 22.3. The van der Waals surface area contributed by atoms with Gasteiger partial charge >= 0.3 is 5.97 Å². The van der Waals surface area contributed by atoms with E-state index < -0.39 is 12.1 Å². The molecule has 0 aliphatic carbocycles. The van der Waals surface area contributed by atoms with Crippen LogP contribution in [0.1, 0.15) is 10.4 Å². The van der Waals surface area contributed by atoms with Crippen molar-refractivity contribution in [2.24, 2.45) is 0 Å². The molecule has 0 spiro atoms. The zero-order valence-corrected chi connectivity index (χ0v) is 10.8. The monoisotopic (exact) mass is 307 g/mol. The van der Waals surface area contributed by atoms with Crippen LogP contribution in [0.2, 0.25) is 0 Å². The molecule has 1 heterocycles. The molecule has 2 N–H and O–H groups in total. The number of carbonyl (C=O) groups excluding carboxylic acids is 2. The minimum absolute atomic E-state index is 0.168. The Balaban J connectivity index is 2.44. The molecule has 1 unspecified atom stereocenters. The number of aliphatic hydroxyl groups is 1. The Morgan fingerprint density at radius 3 is 2.88 bits per heavy atom. The van der Waals surface area contributed by atoms with Crippen LogP contribution in [0, 0.1) is 0 Å². The van der Waals surface area contributed by atoms with Gasteiger partial charge in [-0.1, -0.05) is 0 Å². The van der Waals surface area contributed by atoms with E-state index in [-0.39, 0.29) is 12.5 Å². The van der Waals surface area contributed by atoms with Crippen LogP contribution >= 0.6 is 27.3 Å². The first kappa shape index (κ1) is 13.1. The van der Waals surface area contributed by atoms with Crippen molar-refractivity contribution in [3.8, 4) is 0 Å². The maximum absolute atomic E-state index is 11.5. The Morgan fingerprint density at radius 1 is 1.69 bits per heavy atom. The van der Waals surface area contributed by atoms with Crippen LogP contribution in [0.15, 0.2) is 15.2 Å². The minimum Gasteiger partial charge on any atom is -0.467 e. The third kappa shape index (κ3) is 3.58. The summed E-state index contributed by atoms with van der Waals surface area (Å²) in [5.41, 5.74) is 0.481. The fraction of sp³-hybridized carbons (Fsp3) is 0.333. The maximum Gasteiger partial charge on any atom is 0.336 e. The van der Waals surface area contributed by atoms with Gasteiger partial charge in [-0.3, -0.25) is 4.79 Å². The number of rotatable bonds is 4. The highest BCUT2D eigenvalue weighted by Gasteiger charge is 2.17. The third-order valence-corrected chi connectivity index (χ3v) is 3.26. The van der Waals surface area contributed by atoms with Crippen molar-refractivity contribution in [2.45, 2.75) is 6.10 Å². The average Bonchev–Trinajstić information content (AvgIpc) is 2.71. The van der Waals surface area contributed by atoms with Gasteiger partial charge in [0.1, 0.15) is 0 Å². The molecular weight excluding hydrogens is 298 g/mol. The summed E-state index contributed by atoms with van der Waals surface area (Å²) in [6.07, 6.45) is -1.34. The zero-order valence-electron chi connectivity index (χ0n) is 8.40. The molecule has 0 saturated carbocycles. The Bertz CT molecular complexity index is 393. The van der Waals surface area contributed by atoms with Gasteiger partial charge in [-0.2, -0.15) is 0 Å². The van der Waals surface area contributed by atoms with Crippen LogP contribution < -0.4 is 5.32 Å². The molecule has 0 saturated heterocycles. The van der Waals surface area contributed by atoms with E-state index in [4.69, 9.17) is 0 Å². The number of aliphatic hydroxyl groups excluding tert-OH is 1. The number of amides is 1. The standard InChI is InChI=1S/C9H10BrNO4S/c1-15-9(14)6(12)3-11-8(13)5-2-7(10)16-4-5/h2,4,6,12H,3H2,1H3,(H,11,13). The first-order valence-corrected chi connectivity index (χ1v) is 6.00. The van der Waals surface area contributed by atoms with Gasteiger partial charge in [-0.05, 0) is 22.0 Å². The molecule has 1 amide bonds. The Labute approximate surface area is 105 Å². The van der Waals surface area contributed by atoms with Crippen LogP contribution in [0.4, 0.5) is 0 Å². The predicted molar refractivity (Wildman–Crippen MR) is 62.4 cm³/mol. The molecule has 0 radical (unpaired) electrons. The summed E-state index contributed by atoms with van der Waals surface area (Å²) in [7, 11) is 1.17. The molecule has 16 heavy (non-hydrogen) atoms. The summed E-state index contributed by atoms with van der Waals surface area (Å²) >= 11 is 4.61. The first-order valence-electron chi connectivity index (χ1n) is 4.32. The lowest BCUT2D eigenvalue weighted by molar-refractivity contribution is -0.149. The van der Waals surface area contributed by atoms with Crippen molar-refractivity contribution in [3.63, 3.8) is 0 Å². The molecule has 88 valence electrons. The van der Waals surface area contributed by atoms with Gasteiger partial charge in [0, 0.05) is 5.38 Å². The van der Waals surface area contributed by atoms with Crippen molar-refractivity contribution >= 4 is 39.1 Å². The fourth-order valence-electron chi connectivity index (χ4n) is 0.940. The Morgan fingerprint density at radius 2 is 2.38 bits per heavy atom. The van der Waals surface area contributed by atoms with Crippen LogP contribution in [-0.2, 0) is 9.53 Å². The fourth-order valence-corrected chi connectivity index (χ4v) is 2.08. The lowest BCUT2D eigenvalue weighted by Crippen LogP contribution is -2.37. The van der Waals surface area contributed by atoms with Crippen molar-refractivity contribution in [3.05, 3.63) is 20.8 Å². The third-order valence-electron chi connectivity index (χ3n) is 1.76. The van der Waals surface area contributed by atoms with E-state index in [1.807, 2.05) is 0 Å². The average molecular weight is 308 g/mol. The van der Waals surface area contributed by atoms with Gasteiger partial charge in [-0.15, -0.1) is 11.3 Å². The van der Waals surface area contributed by atoms with Crippen LogP contribution in [0.5, 0.6) is 0 Å². The number of hydrogen-bond acceptors (Lipinski definition) is 5. The number of nitrogens with one attached hydrogen (secondary N) is 1. The van der Waals surface area contributed by atoms with Crippen molar-refractivity contribution in [1.82, 2.24) is 5.32 Å². The number of carbonyl (C=O) groups is 2. The molecule has 0 bridgehead atoms. The topological polar surface area (TPSA) is 75.6 Å². The zero-order chi connectivity index (χ0) is 12.1. The molecule has 1 rings (SSSR count). The normalized spacial score (nSPS) is 11.9. The molecule has 0 aliphatic rings. The molecule has 0 aromatic carbocycles. The van der Waals surface area contributed by atoms with E-state index in [1.54, 1.807) is 11.4 Å². The van der Waals surface area contributed by atoms with E-state index in [0.29, 0.717) is 5.56 Å². The maximum atomic E-state index is 11.5. The number of esters is 1. The van der Waals surface area contributed by atoms with Crippen molar-refractivity contribution in [1.29, 1.82) is 0 Å². The van der Waals surface area contributed by atoms with Gasteiger partial charge in [0.15, 0.2) is 6.10 Å². The second kappa shape index (κ2) is 5.97.